The largest absolute Gasteiger partial charge is 0.340 e. The van der Waals surface area contributed by atoms with Crippen molar-refractivity contribution in [3.63, 3.8) is 0 Å². The molecule has 5 nitrogen and oxygen atoms in total. The number of para-hydroxylation sites is 1. The molecule has 0 bridgehead atoms. The Balaban J connectivity index is 1.49. The third kappa shape index (κ3) is 3.35. The summed E-state index contributed by atoms with van der Waals surface area (Å²) in [5, 5.41) is 5.82. The zero-order chi connectivity index (χ0) is 14.8. The third-order valence-electron chi connectivity index (χ3n) is 4.16. The van der Waals surface area contributed by atoms with Crippen LogP contribution < -0.4 is 10.6 Å². The number of hydrogen-bond acceptors (Lipinski definition) is 2. The minimum Gasteiger partial charge on any atom is -0.340 e. The second-order valence-corrected chi connectivity index (χ2v) is 5.96. The van der Waals surface area contributed by atoms with Crippen LogP contribution in [0.25, 0.3) is 0 Å². The molecule has 5 heteroatoms. The highest BCUT2D eigenvalue weighted by Gasteiger charge is 2.36. The lowest BCUT2D eigenvalue weighted by Gasteiger charge is -2.17. The van der Waals surface area contributed by atoms with Gasteiger partial charge in [0.25, 0.3) is 0 Å². The number of benzene rings is 1. The summed E-state index contributed by atoms with van der Waals surface area (Å²) in [6, 6.07) is 7.53. The minimum atomic E-state index is -0.199. The van der Waals surface area contributed by atoms with Crippen molar-refractivity contribution in [3.8, 4) is 0 Å². The maximum Gasteiger partial charge on any atom is 0.319 e. The molecule has 2 N–H and O–H groups in total. The molecule has 1 unspecified atom stereocenters. The third-order valence-corrected chi connectivity index (χ3v) is 4.16. The molecule has 1 saturated heterocycles. The Labute approximate surface area is 124 Å². The molecule has 3 amide bonds. The van der Waals surface area contributed by atoms with Gasteiger partial charge >= 0.3 is 6.03 Å². The van der Waals surface area contributed by atoms with Crippen molar-refractivity contribution < 1.29 is 9.59 Å². The molecule has 112 valence electrons. The van der Waals surface area contributed by atoms with Crippen molar-refractivity contribution in [2.75, 3.05) is 18.4 Å². The van der Waals surface area contributed by atoms with E-state index in [1.165, 1.54) is 0 Å². The maximum atomic E-state index is 12.0. The number of hydrogen-bond donors (Lipinski definition) is 2. The van der Waals surface area contributed by atoms with Crippen molar-refractivity contribution in [2.45, 2.75) is 32.2 Å². The van der Waals surface area contributed by atoms with E-state index in [0.717, 1.165) is 37.1 Å². The van der Waals surface area contributed by atoms with E-state index in [1.54, 1.807) is 0 Å². The fourth-order valence-corrected chi connectivity index (χ4v) is 2.72. The highest BCUT2D eigenvalue weighted by atomic mass is 16.2. The highest BCUT2D eigenvalue weighted by molar-refractivity contribution is 5.90. The number of urea groups is 1. The van der Waals surface area contributed by atoms with Gasteiger partial charge in [-0.05, 0) is 37.8 Å². The van der Waals surface area contributed by atoms with Gasteiger partial charge in [0.05, 0.1) is 0 Å². The number of likely N-dealkylation sites (tertiary alicyclic amines) is 1. The summed E-state index contributed by atoms with van der Waals surface area (Å²) in [7, 11) is 0. The molecule has 21 heavy (non-hydrogen) atoms. The SMILES string of the molecule is Cc1ccccc1NC(=O)NC1CCN(C(=O)C2CC2)C1. The molecule has 0 aromatic heterocycles. The molecule has 0 spiro atoms. The van der Waals surface area contributed by atoms with E-state index in [0.29, 0.717) is 6.54 Å². The molecule has 1 saturated carbocycles. The van der Waals surface area contributed by atoms with Crippen LogP contribution in [0.5, 0.6) is 0 Å². The van der Waals surface area contributed by atoms with E-state index >= 15 is 0 Å². The summed E-state index contributed by atoms with van der Waals surface area (Å²) in [4.78, 5) is 25.9. The van der Waals surface area contributed by atoms with E-state index in [9.17, 15) is 9.59 Å². The fraction of sp³-hybridized carbons (Fsp3) is 0.500. The number of nitrogens with zero attached hydrogens (tertiary/aromatic N) is 1. The molecule has 1 heterocycles. The van der Waals surface area contributed by atoms with E-state index in [-0.39, 0.29) is 23.9 Å². The lowest BCUT2D eigenvalue weighted by atomic mass is 10.2. The molecule has 2 aliphatic rings. The van der Waals surface area contributed by atoms with Gasteiger partial charge in [-0.3, -0.25) is 4.79 Å². The zero-order valence-corrected chi connectivity index (χ0v) is 12.3. The normalized spacial score (nSPS) is 21.2. The number of carbonyl (C=O) groups is 2. The van der Waals surface area contributed by atoms with Crippen LogP contribution in [-0.2, 0) is 4.79 Å². The predicted molar refractivity (Wildman–Crippen MR) is 81.0 cm³/mol. The number of aryl methyl sites for hydroxylation is 1. The van der Waals surface area contributed by atoms with E-state index in [1.807, 2.05) is 36.1 Å². The molecular weight excluding hydrogens is 266 g/mol. The first-order valence-corrected chi connectivity index (χ1v) is 7.55. The van der Waals surface area contributed by atoms with Gasteiger partial charge in [-0.25, -0.2) is 4.79 Å². The lowest BCUT2D eigenvalue weighted by molar-refractivity contribution is -0.131. The second kappa shape index (κ2) is 5.76. The summed E-state index contributed by atoms with van der Waals surface area (Å²) in [6.07, 6.45) is 2.89. The Morgan fingerprint density at radius 1 is 1.19 bits per heavy atom. The van der Waals surface area contributed by atoms with Gasteiger partial charge in [0.1, 0.15) is 0 Å². The molecule has 1 atom stereocenters. The molecule has 3 rings (SSSR count). The second-order valence-electron chi connectivity index (χ2n) is 5.96. The topological polar surface area (TPSA) is 61.4 Å². The van der Waals surface area contributed by atoms with E-state index < -0.39 is 0 Å². The van der Waals surface area contributed by atoms with Gasteiger partial charge in [0.2, 0.25) is 5.91 Å². The predicted octanol–water partition coefficient (Wildman–Crippen LogP) is 2.13. The van der Waals surface area contributed by atoms with Gasteiger partial charge < -0.3 is 15.5 Å². The number of anilines is 1. The number of rotatable bonds is 3. The average molecular weight is 287 g/mol. The van der Waals surface area contributed by atoms with Gasteiger partial charge in [-0.1, -0.05) is 18.2 Å². The van der Waals surface area contributed by atoms with Crippen LogP contribution in [0, 0.1) is 12.8 Å². The van der Waals surface area contributed by atoms with Crippen LogP contribution in [0.15, 0.2) is 24.3 Å². The lowest BCUT2D eigenvalue weighted by Crippen LogP contribution is -2.41. The Kier molecular flexibility index (Phi) is 3.82. The Morgan fingerprint density at radius 3 is 2.67 bits per heavy atom. The summed E-state index contributed by atoms with van der Waals surface area (Å²) in [5.41, 5.74) is 1.85. The number of carbonyl (C=O) groups excluding carboxylic acids is 2. The average Bonchev–Trinajstić information content (AvgIpc) is 3.21. The molecule has 1 aromatic rings. The van der Waals surface area contributed by atoms with Crippen molar-refractivity contribution in [2.24, 2.45) is 5.92 Å². The van der Waals surface area contributed by atoms with Gasteiger partial charge in [-0.2, -0.15) is 0 Å². The summed E-state index contributed by atoms with van der Waals surface area (Å²) in [6.45, 7) is 3.35. The van der Waals surface area contributed by atoms with Gasteiger partial charge in [-0.15, -0.1) is 0 Å². The maximum absolute atomic E-state index is 12.0. The first-order chi connectivity index (χ1) is 10.1. The molecule has 0 radical (unpaired) electrons. The quantitative estimate of drug-likeness (QED) is 0.894. The van der Waals surface area contributed by atoms with Crippen molar-refractivity contribution in [1.29, 1.82) is 0 Å². The fourth-order valence-electron chi connectivity index (χ4n) is 2.72. The van der Waals surface area contributed by atoms with Crippen LogP contribution >= 0.6 is 0 Å². The van der Waals surface area contributed by atoms with Crippen molar-refractivity contribution in [3.05, 3.63) is 29.8 Å². The Hall–Kier alpha value is -2.04. The molecule has 1 aliphatic carbocycles. The first-order valence-electron chi connectivity index (χ1n) is 7.55. The first kappa shape index (κ1) is 13.9. The number of amides is 3. The van der Waals surface area contributed by atoms with Crippen LogP contribution in [0.3, 0.4) is 0 Å². The highest BCUT2D eigenvalue weighted by Crippen LogP contribution is 2.32. The van der Waals surface area contributed by atoms with Crippen LogP contribution in [-0.4, -0.2) is 36.0 Å². The Morgan fingerprint density at radius 2 is 1.95 bits per heavy atom. The summed E-state index contributed by atoms with van der Waals surface area (Å²) >= 11 is 0. The Bertz CT molecular complexity index is 554. The van der Waals surface area contributed by atoms with Gasteiger partial charge in [0.15, 0.2) is 0 Å². The number of nitrogens with one attached hydrogen (secondary N) is 2. The monoisotopic (exact) mass is 287 g/mol. The van der Waals surface area contributed by atoms with Gasteiger partial charge in [0, 0.05) is 30.7 Å². The van der Waals surface area contributed by atoms with E-state index in [2.05, 4.69) is 10.6 Å². The summed E-state index contributed by atoms with van der Waals surface area (Å²) in [5.74, 6) is 0.517. The molecule has 1 aliphatic heterocycles. The van der Waals surface area contributed by atoms with E-state index in [4.69, 9.17) is 0 Å². The zero-order valence-electron chi connectivity index (χ0n) is 12.3. The van der Waals surface area contributed by atoms with Crippen LogP contribution in [0.4, 0.5) is 10.5 Å². The van der Waals surface area contributed by atoms with Crippen molar-refractivity contribution in [1.82, 2.24) is 10.2 Å². The van der Waals surface area contributed by atoms with Crippen LogP contribution in [0.1, 0.15) is 24.8 Å². The minimum absolute atomic E-state index is 0.0525. The molecule has 1 aromatic carbocycles. The standard InChI is InChI=1S/C16H21N3O2/c1-11-4-2-3-5-14(11)18-16(21)17-13-8-9-19(10-13)15(20)12-6-7-12/h2-5,12-13H,6-10H2,1H3,(H2,17,18,21). The van der Waals surface area contributed by atoms with Crippen LogP contribution in [0.2, 0.25) is 0 Å². The summed E-state index contributed by atoms with van der Waals surface area (Å²) < 4.78 is 0. The molecule has 2 fully saturated rings. The van der Waals surface area contributed by atoms with Crippen molar-refractivity contribution >= 4 is 17.6 Å². The smallest absolute Gasteiger partial charge is 0.319 e. The molecular formula is C16H21N3O2.